The molecule has 3 aromatic carbocycles. The van der Waals surface area contributed by atoms with Gasteiger partial charge in [0.15, 0.2) is 0 Å². The van der Waals surface area contributed by atoms with Gasteiger partial charge in [0.2, 0.25) is 0 Å². The Kier molecular flexibility index (Phi) is 7.26. The molecule has 1 atom stereocenters. The number of carbonyl (C=O) groups is 2. The van der Waals surface area contributed by atoms with Crippen LogP contribution >= 0.6 is 20.8 Å². The van der Waals surface area contributed by atoms with Gasteiger partial charge in [-0.25, -0.2) is 0 Å². The van der Waals surface area contributed by atoms with Crippen molar-refractivity contribution in [1.29, 1.82) is 0 Å². The average Bonchev–Trinajstić information content (AvgIpc) is 2.82. The Morgan fingerprint density at radius 3 is 1.58 bits per heavy atom. The van der Waals surface area contributed by atoms with E-state index >= 15 is 0 Å². The summed E-state index contributed by atoms with van der Waals surface area (Å²) < 4.78 is 5.82. The predicted molar refractivity (Wildman–Crippen MR) is 130 cm³/mol. The summed E-state index contributed by atoms with van der Waals surface area (Å²) in [5, 5.41) is 8.52. The van der Waals surface area contributed by atoms with Crippen LogP contribution in [-0.4, -0.2) is 29.4 Å². The van der Waals surface area contributed by atoms with Crippen molar-refractivity contribution in [2.45, 2.75) is 18.9 Å². The van der Waals surface area contributed by atoms with Gasteiger partial charge in [0.1, 0.15) is 0 Å². The zero-order valence-electron chi connectivity index (χ0n) is 16.9. The van der Waals surface area contributed by atoms with Gasteiger partial charge in [-0.05, 0) is 0 Å². The Labute approximate surface area is 189 Å². The number of nitrogens with two attached hydrogens (primary N) is 1. The second-order valence-electron chi connectivity index (χ2n) is 7.32. The Morgan fingerprint density at radius 2 is 1.23 bits per heavy atom. The summed E-state index contributed by atoms with van der Waals surface area (Å²) in [6, 6.07) is 28.8. The first-order valence-electron chi connectivity index (χ1n) is 9.90. The number of hydrogen-bond donors (Lipinski definition) is 2. The fraction of sp³-hybridized carbons (Fsp3) is 0.167. The van der Waals surface area contributed by atoms with Gasteiger partial charge in [-0.1, -0.05) is 0 Å². The number of halogens is 1. The van der Waals surface area contributed by atoms with Crippen LogP contribution in [0.4, 0.5) is 0 Å². The molecule has 0 radical (unpaired) electrons. The van der Waals surface area contributed by atoms with Crippen LogP contribution in [0.15, 0.2) is 91.0 Å². The van der Waals surface area contributed by atoms with Gasteiger partial charge in [0.25, 0.3) is 0 Å². The molecule has 0 bridgehead atoms. The molecule has 0 heterocycles. The van der Waals surface area contributed by atoms with E-state index in [0.29, 0.717) is 0 Å². The molecule has 3 N–H and O–H groups in total. The first-order chi connectivity index (χ1) is 14.9. The van der Waals surface area contributed by atoms with Crippen LogP contribution < -0.4 is 21.6 Å². The Balaban J connectivity index is 2.11. The number of carbonyl (C=O) groups excluding carboxylic acids is 1. The van der Waals surface area contributed by atoms with Gasteiger partial charge in [0, 0.05) is 0 Å². The van der Waals surface area contributed by atoms with Crippen LogP contribution in [0.5, 0.6) is 0 Å². The third-order valence-electron chi connectivity index (χ3n) is 5.30. The summed E-state index contributed by atoms with van der Waals surface area (Å²) in [5.74, 6) is -1.61. The standard InChI is InChI=1S/C24H25BrNO4P/c25-31(19-10-4-1-5-11-19,20-12-6-2-7-13-20,21-14-8-3-9-15-21)18-30-24(29)22(26)16-17-23(27)28/h1-15,22H,16-18,26H2,(H,27,28)/t22-/m0/s1. The summed E-state index contributed by atoms with van der Waals surface area (Å²) in [7, 11) is 0. The predicted octanol–water partition coefficient (Wildman–Crippen LogP) is 3.52. The quantitative estimate of drug-likeness (QED) is 0.345. The van der Waals surface area contributed by atoms with E-state index in [1.807, 2.05) is 91.0 Å². The van der Waals surface area contributed by atoms with Crippen LogP contribution in [0.3, 0.4) is 0 Å². The first-order valence-corrected chi connectivity index (χ1v) is 14.3. The van der Waals surface area contributed by atoms with E-state index in [0.717, 1.165) is 15.9 Å². The van der Waals surface area contributed by atoms with E-state index in [4.69, 9.17) is 15.6 Å². The Morgan fingerprint density at radius 1 is 0.839 bits per heavy atom. The van der Waals surface area contributed by atoms with Crippen molar-refractivity contribution < 1.29 is 19.4 Å². The molecule has 3 aromatic rings. The third kappa shape index (κ3) is 4.72. The molecule has 0 aliphatic carbocycles. The summed E-state index contributed by atoms with van der Waals surface area (Å²) in [6.07, 6.45) is -0.109. The van der Waals surface area contributed by atoms with Crippen LogP contribution in [-0.2, 0) is 14.3 Å². The molecule has 0 unspecified atom stereocenters. The second-order valence-corrected chi connectivity index (χ2v) is 16.2. The molecule has 0 amide bonds. The molecule has 0 spiro atoms. The molecule has 162 valence electrons. The normalized spacial score (nSPS) is 13.5. The maximum atomic E-state index is 12.7. The molecule has 31 heavy (non-hydrogen) atoms. The summed E-state index contributed by atoms with van der Waals surface area (Å²) in [6.45, 7) is 0. The minimum absolute atomic E-state index is 0.0222. The monoisotopic (exact) mass is 501 g/mol. The third-order valence-corrected chi connectivity index (χ3v) is 14.3. The molecule has 0 aliphatic heterocycles. The molecule has 3 rings (SSSR count). The summed E-state index contributed by atoms with van der Waals surface area (Å²) in [4.78, 5) is 23.5. The van der Waals surface area contributed by atoms with E-state index in [2.05, 4.69) is 15.5 Å². The van der Waals surface area contributed by atoms with Gasteiger partial charge < -0.3 is 0 Å². The van der Waals surface area contributed by atoms with Crippen molar-refractivity contribution in [1.82, 2.24) is 0 Å². The van der Waals surface area contributed by atoms with Gasteiger partial charge in [-0.3, -0.25) is 0 Å². The number of hydrogen-bond acceptors (Lipinski definition) is 4. The average molecular weight is 502 g/mol. The second kappa shape index (κ2) is 9.73. The van der Waals surface area contributed by atoms with E-state index in [9.17, 15) is 9.59 Å². The topological polar surface area (TPSA) is 89.6 Å². The minimum atomic E-state index is -3.40. The van der Waals surface area contributed by atoms with E-state index in [-0.39, 0.29) is 19.2 Å². The van der Waals surface area contributed by atoms with Crippen molar-refractivity contribution in [3.8, 4) is 0 Å². The maximum absolute atomic E-state index is 12.7. The van der Waals surface area contributed by atoms with Gasteiger partial charge >= 0.3 is 190 Å². The van der Waals surface area contributed by atoms with Crippen molar-refractivity contribution in [3.63, 3.8) is 0 Å². The van der Waals surface area contributed by atoms with E-state index < -0.39 is 23.3 Å². The Hall–Kier alpha value is -2.53. The van der Waals surface area contributed by atoms with Crippen molar-refractivity contribution >= 4 is 48.6 Å². The molecule has 0 aliphatic rings. The number of carboxylic acids is 1. The summed E-state index contributed by atoms with van der Waals surface area (Å²) in [5.41, 5.74) is 5.92. The van der Waals surface area contributed by atoms with Gasteiger partial charge in [-0.2, -0.15) is 0 Å². The van der Waals surface area contributed by atoms with E-state index in [1.54, 1.807) is 0 Å². The molecular formula is C24H25BrNO4P. The number of esters is 1. The van der Waals surface area contributed by atoms with Crippen molar-refractivity contribution in [3.05, 3.63) is 91.0 Å². The summed E-state index contributed by atoms with van der Waals surface area (Å²) >= 11 is 4.18. The number of benzene rings is 3. The molecular weight excluding hydrogens is 477 g/mol. The van der Waals surface area contributed by atoms with Crippen molar-refractivity contribution in [2.75, 3.05) is 6.35 Å². The van der Waals surface area contributed by atoms with Crippen LogP contribution in [0.1, 0.15) is 12.8 Å². The number of ether oxygens (including phenoxy) is 1. The van der Waals surface area contributed by atoms with E-state index in [1.165, 1.54) is 0 Å². The molecule has 0 aromatic heterocycles. The fourth-order valence-electron chi connectivity index (χ4n) is 3.58. The zero-order valence-corrected chi connectivity index (χ0v) is 19.4. The molecule has 0 saturated heterocycles. The van der Waals surface area contributed by atoms with Gasteiger partial charge in [-0.15, -0.1) is 0 Å². The first kappa shape index (κ1) is 23.1. The molecule has 7 heteroatoms. The molecule has 5 nitrogen and oxygen atoms in total. The van der Waals surface area contributed by atoms with Crippen molar-refractivity contribution in [2.24, 2.45) is 5.73 Å². The Bertz CT molecular complexity index is 932. The van der Waals surface area contributed by atoms with Gasteiger partial charge in [0.05, 0.1) is 0 Å². The number of aliphatic carboxylic acids is 1. The number of rotatable bonds is 9. The molecule has 0 fully saturated rings. The van der Waals surface area contributed by atoms with Crippen LogP contribution in [0.2, 0.25) is 0 Å². The van der Waals surface area contributed by atoms with Crippen LogP contribution in [0.25, 0.3) is 0 Å². The number of carboxylic acid groups (broad SMARTS) is 1. The SMILES string of the molecule is N[C@@H](CCC(=O)O)C(=O)OCP(Br)(c1ccccc1)(c1ccccc1)c1ccccc1. The zero-order chi connectivity index (χ0) is 22.3. The molecule has 0 saturated carbocycles. The van der Waals surface area contributed by atoms with Crippen LogP contribution in [0, 0.1) is 0 Å². The fourth-order valence-corrected chi connectivity index (χ4v) is 10.1.